The second-order valence-corrected chi connectivity index (χ2v) is 7.78. The van der Waals surface area contributed by atoms with Crippen LogP contribution in [0.4, 0.5) is 0 Å². The molecule has 1 aromatic rings. The van der Waals surface area contributed by atoms with E-state index in [1.165, 1.54) is 32.6 Å². The minimum Gasteiger partial charge on any atom is -0.354 e. The van der Waals surface area contributed by atoms with Gasteiger partial charge < -0.3 is 10.6 Å². The molecule has 0 bridgehead atoms. The van der Waals surface area contributed by atoms with Gasteiger partial charge in [-0.25, -0.2) is 0 Å². The van der Waals surface area contributed by atoms with Gasteiger partial charge in [0.15, 0.2) is 0 Å². The lowest BCUT2D eigenvalue weighted by molar-refractivity contribution is -0.119. The smallest absolute Gasteiger partial charge is 0.221 e. The first kappa shape index (κ1) is 11.9. The molecule has 17 heavy (non-hydrogen) atoms. The average molecular weight is 362 g/mol. The fourth-order valence-electron chi connectivity index (χ4n) is 2.70. The van der Waals surface area contributed by atoms with Crippen molar-refractivity contribution in [2.45, 2.75) is 37.8 Å². The Morgan fingerprint density at radius 3 is 3.18 bits per heavy atom. The molecule has 1 aliphatic heterocycles. The summed E-state index contributed by atoms with van der Waals surface area (Å²) in [5.74, 6) is 0.179. The van der Waals surface area contributed by atoms with Gasteiger partial charge in [0.1, 0.15) is 0 Å². The van der Waals surface area contributed by atoms with E-state index in [-0.39, 0.29) is 5.91 Å². The number of halogens is 1. The molecule has 92 valence electrons. The van der Waals surface area contributed by atoms with Crippen LogP contribution in [0.15, 0.2) is 6.07 Å². The highest BCUT2D eigenvalue weighted by Crippen LogP contribution is 2.36. The molecule has 1 fully saturated rings. The van der Waals surface area contributed by atoms with Gasteiger partial charge >= 0.3 is 0 Å². The van der Waals surface area contributed by atoms with Crippen molar-refractivity contribution in [3.8, 4) is 0 Å². The van der Waals surface area contributed by atoms with E-state index >= 15 is 0 Å². The van der Waals surface area contributed by atoms with Gasteiger partial charge in [-0.1, -0.05) is 0 Å². The van der Waals surface area contributed by atoms with Crippen LogP contribution in [0.3, 0.4) is 0 Å². The number of fused-ring (bicyclic) bond motifs is 1. The summed E-state index contributed by atoms with van der Waals surface area (Å²) >= 11 is 4.32. The lowest BCUT2D eigenvalue weighted by Crippen LogP contribution is -2.35. The minimum atomic E-state index is 0.179. The first-order valence-electron chi connectivity index (χ1n) is 6.03. The largest absolute Gasteiger partial charge is 0.354 e. The zero-order chi connectivity index (χ0) is 11.8. The van der Waals surface area contributed by atoms with Crippen LogP contribution in [0.1, 0.15) is 35.7 Å². The van der Waals surface area contributed by atoms with E-state index in [4.69, 9.17) is 0 Å². The lowest BCUT2D eigenvalue weighted by atomic mass is 9.93. The van der Waals surface area contributed by atoms with Crippen molar-refractivity contribution >= 4 is 39.8 Å². The van der Waals surface area contributed by atoms with Crippen LogP contribution in [-0.4, -0.2) is 18.5 Å². The van der Waals surface area contributed by atoms with Crippen LogP contribution in [0, 0.1) is 2.88 Å². The van der Waals surface area contributed by atoms with Gasteiger partial charge in [-0.15, -0.1) is 11.3 Å². The number of rotatable bonds is 2. The van der Waals surface area contributed by atoms with Crippen LogP contribution in [-0.2, 0) is 11.2 Å². The Morgan fingerprint density at radius 2 is 2.41 bits per heavy atom. The molecule has 2 atom stereocenters. The van der Waals surface area contributed by atoms with E-state index < -0.39 is 0 Å². The Morgan fingerprint density at radius 1 is 1.53 bits per heavy atom. The summed E-state index contributed by atoms with van der Waals surface area (Å²) in [7, 11) is 0. The molecule has 0 spiro atoms. The fraction of sp³-hybridized carbons (Fsp3) is 0.583. The number of carbonyl (C=O) groups is 1. The Labute approximate surface area is 119 Å². The van der Waals surface area contributed by atoms with Crippen molar-refractivity contribution in [2.24, 2.45) is 0 Å². The number of carbonyl (C=O) groups excluding carboxylic acids is 1. The van der Waals surface area contributed by atoms with Crippen molar-refractivity contribution in [3.05, 3.63) is 19.4 Å². The number of amides is 1. The lowest BCUT2D eigenvalue weighted by Gasteiger charge is -2.26. The quantitative estimate of drug-likeness (QED) is 0.793. The summed E-state index contributed by atoms with van der Waals surface area (Å²) in [5, 5.41) is 6.53. The maximum absolute atomic E-state index is 11.2. The normalized spacial score (nSPS) is 27.9. The molecule has 3 rings (SSSR count). The highest BCUT2D eigenvalue weighted by atomic mass is 127. The van der Waals surface area contributed by atoms with E-state index in [0.717, 1.165) is 6.54 Å². The van der Waals surface area contributed by atoms with Crippen molar-refractivity contribution in [2.75, 3.05) is 6.54 Å². The highest BCUT2D eigenvalue weighted by Gasteiger charge is 2.28. The third-order valence-corrected chi connectivity index (χ3v) is 5.47. The molecule has 2 N–H and O–H groups in total. The Kier molecular flexibility index (Phi) is 3.40. The van der Waals surface area contributed by atoms with Gasteiger partial charge in [0.05, 0.1) is 2.88 Å². The Hall–Kier alpha value is -0.140. The summed E-state index contributed by atoms with van der Waals surface area (Å²) in [6.07, 6.45) is 4.32. The van der Waals surface area contributed by atoms with Gasteiger partial charge in [0, 0.05) is 29.9 Å². The number of hydrogen-bond donors (Lipinski definition) is 2. The van der Waals surface area contributed by atoms with Crippen LogP contribution < -0.4 is 10.6 Å². The van der Waals surface area contributed by atoms with Crippen molar-refractivity contribution in [1.82, 2.24) is 10.6 Å². The molecule has 2 unspecified atom stereocenters. The van der Waals surface area contributed by atoms with Crippen LogP contribution in [0.25, 0.3) is 0 Å². The maximum atomic E-state index is 11.2. The predicted molar refractivity (Wildman–Crippen MR) is 77.3 cm³/mol. The molecular formula is C12H15IN2OS. The molecule has 0 aromatic carbocycles. The highest BCUT2D eigenvalue weighted by molar-refractivity contribution is 14.1. The second-order valence-electron chi connectivity index (χ2n) is 4.75. The molecule has 1 aliphatic carbocycles. The molecule has 2 heterocycles. The maximum Gasteiger partial charge on any atom is 0.221 e. The number of nitrogens with one attached hydrogen (secondary N) is 2. The monoisotopic (exact) mass is 362 g/mol. The molecule has 1 aromatic heterocycles. The molecule has 1 saturated heterocycles. The third kappa shape index (κ3) is 2.51. The standard InChI is InChI=1S/C12H15IN2OS/c13-11-5-8-9(2-1-3-10(8)17-11)15-7-4-12(16)14-6-7/h5,7,9,15H,1-4,6H2,(H,14,16). The molecule has 0 saturated carbocycles. The van der Waals surface area contributed by atoms with Gasteiger partial charge in [0.25, 0.3) is 0 Å². The molecule has 1 amide bonds. The average Bonchev–Trinajstić information content (AvgIpc) is 2.84. The summed E-state index contributed by atoms with van der Waals surface area (Å²) in [6, 6.07) is 3.08. The second kappa shape index (κ2) is 4.85. The molecule has 2 aliphatic rings. The summed E-state index contributed by atoms with van der Waals surface area (Å²) in [4.78, 5) is 12.7. The van der Waals surface area contributed by atoms with E-state index in [1.807, 2.05) is 11.3 Å². The third-order valence-electron chi connectivity index (χ3n) is 3.50. The Bertz CT molecular complexity index is 446. The van der Waals surface area contributed by atoms with E-state index in [2.05, 4.69) is 39.3 Å². The summed E-state index contributed by atoms with van der Waals surface area (Å²) < 4.78 is 1.38. The fourth-order valence-corrected chi connectivity index (χ4v) is 4.82. The van der Waals surface area contributed by atoms with Crippen molar-refractivity contribution in [1.29, 1.82) is 0 Å². The van der Waals surface area contributed by atoms with Gasteiger partial charge in [-0.3, -0.25) is 4.79 Å². The Balaban J connectivity index is 1.74. The van der Waals surface area contributed by atoms with Crippen molar-refractivity contribution in [3.63, 3.8) is 0 Å². The first-order chi connectivity index (χ1) is 8.22. The SMILES string of the molecule is O=C1CC(NC2CCCc3sc(I)cc32)CN1. The molecule has 3 nitrogen and oxygen atoms in total. The summed E-state index contributed by atoms with van der Waals surface area (Å²) in [5.41, 5.74) is 1.48. The van der Waals surface area contributed by atoms with Gasteiger partial charge in [-0.2, -0.15) is 0 Å². The predicted octanol–water partition coefficient (Wildman–Crippen LogP) is 2.21. The number of hydrogen-bond acceptors (Lipinski definition) is 3. The van der Waals surface area contributed by atoms with E-state index in [0.29, 0.717) is 18.5 Å². The number of aryl methyl sites for hydroxylation is 1. The van der Waals surface area contributed by atoms with Crippen LogP contribution in [0.2, 0.25) is 0 Å². The van der Waals surface area contributed by atoms with E-state index in [9.17, 15) is 4.79 Å². The number of thiophene rings is 1. The first-order valence-corrected chi connectivity index (χ1v) is 7.93. The zero-order valence-corrected chi connectivity index (χ0v) is 12.4. The van der Waals surface area contributed by atoms with Crippen LogP contribution >= 0.6 is 33.9 Å². The van der Waals surface area contributed by atoms with Crippen molar-refractivity contribution < 1.29 is 4.79 Å². The van der Waals surface area contributed by atoms with Crippen LogP contribution in [0.5, 0.6) is 0 Å². The molecule has 5 heteroatoms. The van der Waals surface area contributed by atoms with E-state index in [1.54, 1.807) is 0 Å². The molecular weight excluding hydrogens is 347 g/mol. The minimum absolute atomic E-state index is 0.179. The topological polar surface area (TPSA) is 41.1 Å². The van der Waals surface area contributed by atoms with Gasteiger partial charge in [-0.05, 0) is 53.5 Å². The molecule has 0 radical (unpaired) electrons. The summed E-state index contributed by atoms with van der Waals surface area (Å²) in [6.45, 7) is 0.784. The zero-order valence-electron chi connectivity index (χ0n) is 9.46. The van der Waals surface area contributed by atoms with Gasteiger partial charge in [0.2, 0.25) is 5.91 Å².